The molecule has 1 saturated carbocycles. The lowest BCUT2D eigenvalue weighted by atomic mass is 9.98. The number of nitrogens with zero attached hydrogens (tertiary/aromatic N) is 1. The van der Waals surface area contributed by atoms with Crippen LogP contribution in [0.3, 0.4) is 0 Å². The summed E-state index contributed by atoms with van der Waals surface area (Å²) in [4.78, 5) is 11.3. The van der Waals surface area contributed by atoms with Gasteiger partial charge in [0.15, 0.2) is 0 Å². The molecule has 0 unspecified atom stereocenters. The van der Waals surface area contributed by atoms with Crippen LogP contribution in [0.2, 0.25) is 0 Å². The Labute approximate surface area is 90.9 Å². The van der Waals surface area contributed by atoms with Crippen molar-refractivity contribution in [2.75, 3.05) is 0 Å². The molecule has 3 nitrogen and oxygen atoms in total. The summed E-state index contributed by atoms with van der Waals surface area (Å²) >= 11 is 3.34. The van der Waals surface area contributed by atoms with Gasteiger partial charge in [-0.2, -0.15) is 0 Å². The standard InChI is InChI=1S/C10H12BrNO2/c11-8-3-6-12(7-8)10(9(13)14)4-1-2-5-10/h3,6-7H,1-2,4-5H2,(H,13,14). The van der Waals surface area contributed by atoms with Crippen LogP contribution in [-0.2, 0) is 10.3 Å². The maximum atomic E-state index is 11.3. The van der Waals surface area contributed by atoms with Crippen molar-refractivity contribution in [1.82, 2.24) is 4.57 Å². The van der Waals surface area contributed by atoms with Crippen LogP contribution in [-0.4, -0.2) is 15.6 Å². The van der Waals surface area contributed by atoms with Gasteiger partial charge in [-0.05, 0) is 34.8 Å². The minimum Gasteiger partial charge on any atom is -0.479 e. The van der Waals surface area contributed by atoms with Crippen LogP contribution in [0.5, 0.6) is 0 Å². The second-order valence-corrected chi connectivity index (χ2v) is 4.70. The molecule has 0 atom stereocenters. The van der Waals surface area contributed by atoms with E-state index in [1.54, 1.807) is 0 Å². The summed E-state index contributed by atoms with van der Waals surface area (Å²) in [6, 6.07) is 1.88. The van der Waals surface area contributed by atoms with Crippen molar-refractivity contribution >= 4 is 21.9 Å². The van der Waals surface area contributed by atoms with Gasteiger partial charge < -0.3 is 9.67 Å². The largest absolute Gasteiger partial charge is 0.479 e. The quantitative estimate of drug-likeness (QED) is 0.885. The summed E-state index contributed by atoms with van der Waals surface area (Å²) in [5, 5.41) is 9.29. The normalized spacial score (nSPS) is 19.8. The van der Waals surface area contributed by atoms with Gasteiger partial charge in [0.2, 0.25) is 0 Å². The zero-order chi connectivity index (χ0) is 10.2. The molecule has 0 amide bonds. The molecule has 0 saturated heterocycles. The second-order valence-electron chi connectivity index (χ2n) is 3.78. The number of carboxylic acid groups (broad SMARTS) is 1. The van der Waals surface area contributed by atoms with Crippen molar-refractivity contribution in [1.29, 1.82) is 0 Å². The Bertz CT molecular complexity index is 353. The van der Waals surface area contributed by atoms with Crippen LogP contribution in [0, 0.1) is 0 Å². The number of carbonyl (C=O) groups is 1. The molecule has 1 heterocycles. The van der Waals surface area contributed by atoms with E-state index in [9.17, 15) is 9.90 Å². The van der Waals surface area contributed by atoms with Crippen LogP contribution in [0.1, 0.15) is 25.7 Å². The van der Waals surface area contributed by atoms with Gasteiger partial charge in [0.1, 0.15) is 5.54 Å². The van der Waals surface area contributed by atoms with Gasteiger partial charge in [-0.25, -0.2) is 4.79 Å². The van der Waals surface area contributed by atoms with Gasteiger partial charge in [0, 0.05) is 16.9 Å². The molecule has 14 heavy (non-hydrogen) atoms. The van der Waals surface area contributed by atoms with Crippen LogP contribution < -0.4 is 0 Å². The summed E-state index contributed by atoms with van der Waals surface area (Å²) in [6.45, 7) is 0. The SMILES string of the molecule is O=C(O)C1(n2ccc(Br)c2)CCCC1. The highest BCUT2D eigenvalue weighted by molar-refractivity contribution is 9.10. The fourth-order valence-corrected chi connectivity index (χ4v) is 2.52. The molecular formula is C10H12BrNO2. The number of aromatic nitrogens is 1. The Kier molecular flexibility index (Phi) is 2.39. The van der Waals surface area contributed by atoms with E-state index in [-0.39, 0.29) is 0 Å². The molecule has 0 aliphatic heterocycles. The molecular weight excluding hydrogens is 246 g/mol. The molecule has 1 aromatic heterocycles. The highest BCUT2D eigenvalue weighted by Crippen LogP contribution is 2.37. The van der Waals surface area contributed by atoms with Crippen molar-refractivity contribution in [3.05, 3.63) is 22.9 Å². The topological polar surface area (TPSA) is 42.2 Å². The van der Waals surface area contributed by atoms with Crippen LogP contribution in [0.25, 0.3) is 0 Å². The fourth-order valence-electron chi connectivity index (χ4n) is 2.18. The van der Waals surface area contributed by atoms with Gasteiger partial charge in [-0.3, -0.25) is 0 Å². The van der Waals surface area contributed by atoms with Gasteiger partial charge >= 0.3 is 5.97 Å². The van der Waals surface area contributed by atoms with E-state index in [0.29, 0.717) is 0 Å². The Morgan fingerprint density at radius 3 is 2.57 bits per heavy atom. The average molecular weight is 258 g/mol. The third-order valence-electron chi connectivity index (χ3n) is 2.98. The fraction of sp³-hybridized carbons (Fsp3) is 0.500. The van der Waals surface area contributed by atoms with E-state index in [1.165, 1.54) is 0 Å². The zero-order valence-electron chi connectivity index (χ0n) is 7.74. The monoisotopic (exact) mass is 257 g/mol. The summed E-state index contributed by atoms with van der Waals surface area (Å²) in [5.74, 6) is -0.710. The van der Waals surface area contributed by atoms with E-state index in [0.717, 1.165) is 30.2 Å². The highest BCUT2D eigenvalue weighted by Gasteiger charge is 2.42. The Hall–Kier alpha value is -0.770. The number of rotatable bonds is 2. The van der Waals surface area contributed by atoms with E-state index in [4.69, 9.17) is 0 Å². The first-order valence-electron chi connectivity index (χ1n) is 4.72. The van der Waals surface area contributed by atoms with Crippen molar-refractivity contribution in [3.63, 3.8) is 0 Å². The average Bonchev–Trinajstić information content (AvgIpc) is 2.71. The lowest BCUT2D eigenvalue weighted by molar-refractivity contribution is -0.147. The third-order valence-corrected chi connectivity index (χ3v) is 3.45. The van der Waals surface area contributed by atoms with Gasteiger partial charge in [0.25, 0.3) is 0 Å². The number of halogens is 1. The molecule has 76 valence electrons. The summed E-state index contributed by atoms with van der Waals surface area (Å²) in [7, 11) is 0. The predicted octanol–water partition coefficient (Wildman–Crippen LogP) is 2.60. The Balaban J connectivity index is 2.41. The maximum Gasteiger partial charge on any atom is 0.329 e. The molecule has 1 aliphatic rings. The van der Waals surface area contributed by atoms with Crippen LogP contribution in [0.15, 0.2) is 22.9 Å². The summed E-state index contributed by atoms with van der Waals surface area (Å²) in [6.07, 6.45) is 7.17. The molecule has 0 radical (unpaired) electrons. The second kappa shape index (κ2) is 3.42. The molecule has 0 aromatic carbocycles. The first kappa shape index (κ1) is 9.77. The third kappa shape index (κ3) is 1.38. The smallest absolute Gasteiger partial charge is 0.329 e. The lowest BCUT2D eigenvalue weighted by Crippen LogP contribution is -2.38. The molecule has 2 rings (SSSR count). The van der Waals surface area contributed by atoms with Crippen LogP contribution in [0.4, 0.5) is 0 Å². The number of hydrogen-bond acceptors (Lipinski definition) is 1. The molecule has 1 fully saturated rings. The molecule has 0 bridgehead atoms. The van der Waals surface area contributed by atoms with Crippen LogP contribution >= 0.6 is 15.9 Å². The van der Waals surface area contributed by atoms with Gasteiger partial charge in [-0.1, -0.05) is 12.8 Å². The van der Waals surface area contributed by atoms with Crippen molar-refractivity contribution in [2.24, 2.45) is 0 Å². The van der Waals surface area contributed by atoms with Crippen molar-refractivity contribution in [2.45, 2.75) is 31.2 Å². The highest BCUT2D eigenvalue weighted by atomic mass is 79.9. The summed E-state index contributed by atoms with van der Waals surface area (Å²) < 4.78 is 2.76. The molecule has 0 spiro atoms. The Morgan fingerprint density at radius 1 is 1.50 bits per heavy atom. The van der Waals surface area contributed by atoms with Crippen molar-refractivity contribution < 1.29 is 9.90 Å². The molecule has 4 heteroatoms. The van der Waals surface area contributed by atoms with E-state index in [1.807, 2.05) is 23.0 Å². The number of carboxylic acids is 1. The first-order valence-corrected chi connectivity index (χ1v) is 5.52. The first-order chi connectivity index (χ1) is 6.65. The number of hydrogen-bond donors (Lipinski definition) is 1. The molecule has 1 aromatic rings. The minimum absolute atomic E-state index is 0.688. The molecule has 1 aliphatic carbocycles. The molecule has 1 N–H and O–H groups in total. The van der Waals surface area contributed by atoms with E-state index in [2.05, 4.69) is 15.9 Å². The Morgan fingerprint density at radius 2 is 2.14 bits per heavy atom. The van der Waals surface area contributed by atoms with Gasteiger partial charge in [-0.15, -0.1) is 0 Å². The van der Waals surface area contributed by atoms with E-state index < -0.39 is 11.5 Å². The maximum absolute atomic E-state index is 11.3. The predicted molar refractivity (Wildman–Crippen MR) is 56.2 cm³/mol. The number of aliphatic carboxylic acids is 1. The van der Waals surface area contributed by atoms with Crippen molar-refractivity contribution in [3.8, 4) is 0 Å². The van der Waals surface area contributed by atoms with E-state index >= 15 is 0 Å². The zero-order valence-corrected chi connectivity index (χ0v) is 9.33. The van der Waals surface area contributed by atoms with Gasteiger partial charge in [0.05, 0.1) is 0 Å². The lowest BCUT2D eigenvalue weighted by Gasteiger charge is -2.25. The summed E-state index contributed by atoms with van der Waals surface area (Å²) in [5.41, 5.74) is -0.688. The minimum atomic E-state index is -0.710.